The largest absolute Gasteiger partial charge is 0.480 e. The summed E-state index contributed by atoms with van der Waals surface area (Å²) in [7, 11) is 0. The lowest BCUT2D eigenvalue weighted by Crippen LogP contribution is -2.33. The number of nitrogens with one attached hydrogen (secondary N) is 1. The van der Waals surface area contributed by atoms with Crippen molar-refractivity contribution in [2.24, 2.45) is 0 Å². The van der Waals surface area contributed by atoms with Crippen molar-refractivity contribution >= 4 is 11.9 Å². The van der Waals surface area contributed by atoms with E-state index in [2.05, 4.69) is 10.4 Å². The molecule has 0 bridgehead atoms. The van der Waals surface area contributed by atoms with Crippen LogP contribution in [0.5, 0.6) is 0 Å². The fourth-order valence-corrected chi connectivity index (χ4v) is 2.12. The zero-order chi connectivity index (χ0) is 13.1. The van der Waals surface area contributed by atoms with E-state index in [9.17, 15) is 9.59 Å². The van der Waals surface area contributed by atoms with Crippen LogP contribution in [0.1, 0.15) is 49.1 Å². The summed E-state index contributed by atoms with van der Waals surface area (Å²) >= 11 is 0. The zero-order valence-electron chi connectivity index (χ0n) is 10.3. The van der Waals surface area contributed by atoms with Crippen LogP contribution in [0.15, 0.2) is 12.3 Å². The normalized spacial score (nSPS) is 17.6. The molecular weight excluding hydrogens is 234 g/mol. The van der Waals surface area contributed by atoms with Crippen LogP contribution in [0.4, 0.5) is 0 Å². The summed E-state index contributed by atoms with van der Waals surface area (Å²) in [6, 6.07) is 1.02. The Kier molecular flexibility index (Phi) is 3.64. The molecule has 1 atom stereocenters. The first-order valence-electron chi connectivity index (χ1n) is 6.17. The molecule has 18 heavy (non-hydrogen) atoms. The Morgan fingerprint density at radius 1 is 1.50 bits per heavy atom. The second-order valence-corrected chi connectivity index (χ2v) is 4.65. The van der Waals surface area contributed by atoms with Crippen LogP contribution in [-0.4, -0.2) is 32.8 Å². The number of amides is 1. The van der Waals surface area contributed by atoms with E-state index >= 15 is 0 Å². The number of carbonyl (C=O) groups is 2. The third-order valence-electron chi connectivity index (χ3n) is 3.29. The maximum atomic E-state index is 11.9. The minimum Gasteiger partial charge on any atom is -0.480 e. The first kappa shape index (κ1) is 12.6. The van der Waals surface area contributed by atoms with Gasteiger partial charge in [0.2, 0.25) is 0 Å². The fourth-order valence-electron chi connectivity index (χ4n) is 2.12. The van der Waals surface area contributed by atoms with Crippen molar-refractivity contribution in [2.45, 2.75) is 44.7 Å². The summed E-state index contributed by atoms with van der Waals surface area (Å²) in [6.07, 6.45) is 5.84. The Balaban J connectivity index is 2.00. The van der Waals surface area contributed by atoms with E-state index in [4.69, 9.17) is 5.11 Å². The minimum absolute atomic E-state index is 0.224. The van der Waals surface area contributed by atoms with Gasteiger partial charge in [0.15, 0.2) is 0 Å². The first-order valence-corrected chi connectivity index (χ1v) is 6.17. The summed E-state index contributed by atoms with van der Waals surface area (Å²) in [5.41, 5.74) is 0.273. The lowest BCUT2D eigenvalue weighted by atomic mass is 10.2. The molecule has 1 aliphatic carbocycles. The molecular formula is C12H17N3O3. The van der Waals surface area contributed by atoms with Gasteiger partial charge in [-0.05, 0) is 25.8 Å². The van der Waals surface area contributed by atoms with Gasteiger partial charge < -0.3 is 10.4 Å². The SMILES string of the molecule is CC(C(=O)O)n1ccc(C(=O)NC2CCCC2)n1. The predicted molar refractivity (Wildman–Crippen MR) is 64.3 cm³/mol. The van der Waals surface area contributed by atoms with E-state index in [0.717, 1.165) is 25.7 Å². The van der Waals surface area contributed by atoms with Crippen LogP contribution in [0, 0.1) is 0 Å². The van der Waals surface area contributed by atoms with E-state index < -0.39 is 12.0 Å². The summed E-state index contributed by atoms with van der Waals surface area (Å²) in [5, 5.41) is 15.8. The predicted octanol–water partition coefficient (Wildman–Crippen LogP) is 1.20. The standard InChI is InChI=1S/C12H17N3O3/c1-8(12(17)18)15-7-6-10(14-15)11(16)13-9-4-2-3-5-9/h6-9H,2-5H2,1H3,(H,13,16)(H,17,18). The van der Waals surface area contributed by atoms with Crippen LogP contribution in [-0.2, 0) is 4.79 Å². The highest BCUT2D eigenvalue weighted by atomic mass is 16.4. The van der Waals surface area contributed by atoms with E-state index in [1.54, 1.807) is 6.07 Å². The maximum absolute atomic E-state index is 11.9. The second-order valence-electron chi connectivity index (χ2n) is 4.65. The smallest absolute Gasteiger partial charge is 0.328 e. The summed E-state index contributed by atoms with van der Waals surface area (Å²) in [5.74, 6) is -1.20. The van der Waals surface area contributed by atoms with Gasteiger partial charge >= 0.3 is 5.97 Å². The number of hydrogen-bond acceptors (Lipinski definition) is 3. The maximum Gasteiger partial charge on any atom is 0.328 e. The number of aliphatic carboxylic acids is 1. The van der Waals surface area contributed by atoms with Crippen LogP contribution in [0.25, 0.3) is 0 Å². The Morgan fingerprint density at radius 2 is 2.17 bits per heavy atom. The highest BCUT2D eigenvalue weighted by Gasteiger charge is 2.20. The van der Waals surface area contributed by atoms with Crippen molar-refractivity contribution in [1.82, 2.24) is 15.1 Å². The molecule has 6 heteroatoms. The molecule has 2 N–H and O–H groups in total. The topological polar surface area (TPSA) is 84.2 Å². The number of aromatic nitrogens is 2. The van der Waals surface area contributed by atoms with E-state index in [1.807, 2.05) is 0 Å². The summed E-state index contributed by atoms with van der Waals surface area (Å²) in [6.45, 7) is 1.52. The molecule has 1 amide bonds. The Labute approximate surface area is 105 Å². The average molecular weight is 251 g/mol. The molecule has 0 spiro atoms. The van der Waals surface area contributed by atoms with Gasteiger partial charge in [0.25, 0.3) is 5.91 Å². The molecule has 1 aromatic heterocycles. The number of carboxylic acid groups (broad SMARTS) is 1. The number of rotatable bonds is 4. The lowest BCUT2D eigenvalue weighted by Gasteiger charge is -2.10. The number of nitrogens with zero attached hydrogens (tertiary/aromatic N) is 2. The molecule has 1 aromatic rings. The Morgan fingerprint density at radius 3 is 2.78 bits per heavy atom. The van der Waals surface area contributed by atoms with Crippen LogP contribution in [0.3, 0.4) is 0 Å². The minimum atomic E-state index is -0.971. The van der Waals surface area contributed by atoms with Crippen molar-refractivity contribution in [3.8, 4) is 0 Å². The van der Waals surface area contributed by atoms with Crippen LogP contribution in [0.2, 0.25) is 0 Å². The number of carboxylic acids is 1. The highest BCUT2D eigenvalue weighted by Crippen LogP contribution is 2.18. The molecule has 1 aliphatic rings. The van der Waals surface area contributed by atoms with Crippen molar-refractivity contribution in [3.63, 3.8) is 0 Å². The second kappa shape index (κ2) is 5.20. The quantitative estimate of drug-likeness (QED) is 0.842. The average Bonchev–Trinajstić information content (AvgIpc) is 2.97. The summed E-state index contributed by atoms with van der Waals surface area (Å²) in [4.78, 5) is 22.7. The molecule has 0 radical (unpaired) electrons. The third kappa shape index (κ3) is 2.69. The van der Waals surface area contributed by atoms with Gasteiger partial charge in [-0.25, -0.2) is 4.79 Å². The lowest BCUT2D eigenvalue weighted by molar-refractivity contribution is -0.140. The molecule has 1 saturated carbocycles. The highest BCUT2D eigenvalue weighted by molar-refractivity contribution is 5.92. The van der Waals surface area contributed by atoms with Gasteiger partial charge in [-0.2, -0.15) is 5.10 Å². The molecule has 98 valence electrons. The molecule has 1 heterocycles. The monoisotopic (exact) mass is 251 g/mol. The van der Waals surface area contributed by atoms with Gasteiger partial charge in [0.05, 0.1) is 0 Å². The van der Waals surface area contributed by atoms with Gasteiger partial charge in [0, 0.05) is 12.2 Å². The molecule has 0 aromatic carbocycles. The third-order valence-corrected chi connectivity index (χ3v) is 3.29. The van der Waals surface area contributed by atoms with Crippen molar-refractivity contribution < 1.29 is 14.7 Å². The van der Waals surface area contributed by atoms with Gasteiger partial charge in [-0.3, -0.25) is 9.48 Å². The Hall–Kier alpha value is -1.85. The van der Waals surface area contributed by atoms with Crippen molar-refractivity contribution in [2.75, 3.05) is 0 Å². The zero-order valence-corrected chi connectivity index (χ0v) is 10.3. The van der Waals surface area contributed by atoms with Crippen LogP contribution >= 0.6 is 0 Å². The molecule has 2 rings (SSSR count). The molecule has 0 saturated heterocycles. The van der Waals surface area contributed by atoms with Crippen molar-refractivity contribution in [3.05, 3.63) is 18.0 Å². The van der Waals surface area contributed by atoms with Gasteiger partial charge in [0.1, 0.15) is 11.7 Å². The Bertz CT molecular complexity index is 449. The number of hydrogen-bond donors (Lipinski definition) is 2. The fraction of sp³-hybridized carbons (Fsp3) is 0.583. The molecule has 1 unspecified atom stereocenters. The number of carbonyl (C=O) groups excluding carboxylic acids is 1. The van der Waals surface area contributed by atoms with E-state index in [0.29, 0.717) is 0 Å². The molecule has 6 nitrogen and oxygen atoms in total. The molecule has 0 aliphatic heterocycles. The van der Waals surface area contributed by atoms with E-state index in [-0.39, 0.29) is 17.6 Å². The van der Waals surface area contributed by atoms with Crippen molar-refractivity contribution in [1.29, 1.82) is 0 Å². The first-order chi connectivity index (χ1) is 8.58. The molecule has 1 fully saturated rings. The van der Waals surface area contributed by atoms with Gasteiger partial charge in [-0.15, -0.1) is 0 Å². The van der Waals surface area contributed by atoms with Crippen LogP contribution < -0.4 is 5.32 Å². The van der Waals surface area contributed by atoms with E-state index in [1.165, 1.54) is 17.8 Å². The van der Waals surface area contributed by atoms with Gasteiger partial charge in [-0.1, -0.05) is 12.8 Å². The summed E-state index contributed by atoms with van der Waals surface area (Å²) < 4.78 is 1.28.